The molecule has 2 N–H and O–H groups in total. The van der Waals surface area contributed by atoms with Crippen LogP contribution in [0.25, 0.3) is 22.4 Å². The van der Waals surface area contributed by atoms with Gasteiger partial charge in [0.1, 0.15) is 17.3 Å². The number of imidazole rings is 1. The molecule has 1 fully saturated rings. The fraction of sp³-hybridized carbons (Fsp3) is 0.286. The van der Waals surface area contributed by atoms with Crippen molar-refractivity contribution in [2.45, 2.75) is 19.4 Å². The number of likely N-dealkylation sites (tertiary alicyclic amines) is 1. The maximum atomic E-state index is 11.2. The minimum atomic E-state index is -0.951. The Bertz CT molecular complexity index is 1290. The number of carbonyl (C=O) groups is 1. The van der Waals surface area contributed by atoms with E-state index in [1.54, 1.807) is 25.3 Å². The first-order valence-electron chi connectivity index (χ1n) is 11.9. The van der Waals surface area contributed by atoms with E-state index in [9.17, 15) is 9.90 Å². The lowest BCUT2D eigenvalue weighted by Crippen LogP contribution is -2.35. The monoisotopic (exact) mass is 471 g/mol. The molecule has 0 unspecified atom stereocenters. The lowest BCUT2D eigenvalue weighted by atomic mass is 9.97. The largest absolute Gasteiger partial charge is 0.497 e. The second kappa shape index (κ2) is 10.2. The van der Waals surface area contributed by atoms with E-state index in [2.05, 4.69) is 27.0 Å². The van der Waals surface area contributed by atoms with Crippen LogP contribution in [0, 0.1) is 5.92 Å². The molecule has 0 aliphatic carbocycles. The van der Waals surface area contributed by atoms with Crippen LogP contribution in [0.4, 0.5) is 0 Å². The normalized spacial score (nSPS) is 14.8. The van der Waals surface area contributed by atoms with Crippen molar-refractivity contribution in [3.05, 3.63) is 77.9 Å². The van der Waals surface area contributed by atoms with E-state index in [1.807, 2.05) is 36.4 Å². The minimum absolute atomic E-state index is 0.239. The number of nitrogens with zero attached hydrogens (tertiary/aromatic N) is 2. The van der Waals surface area contributed by atoms with E-state index < -0.39 is 5.97 Å². The van der Waals surface area contributed by atoms with Crippen molar-refractivity contribution < 1.29 is 19.4 Å². The Kier molecular flexibility index (Phi) is 6.68. The number of fused-ring (bicyclic) bond motifs is 1. The molecule has 180 valence electrons. The minimum Gasteiger partial charge on any atom is -0.497 e. The number of benzene rings is 3. The topological polar surface area (TPSA) is 87.7 Å². The van der Waals surface area contributed by atoms with Crippen LogP contribution in [-0.2, 0) is 6.54 Å². The molecular weight excluding hydrogens is 442 g/mol. The summed E-state index contributed by atoms with van der Waals surface area (Å²) < 4.78 is 11.3. The van der Waals surface area contributed by atoms with E-state index in [0.717, 1.165) is 61.7 Å². The van der Waals surface area contributed by atoms with Gasteiger partial charge in [-0.1, -0.05) is 12.1 Å². The zero-order valence-electron chi connectivity index (χ0n) is 19.7. The first-order chi connectivity index (χ1) is 17.1. The molecule has 0 radical (unpaired) electrons. The highest BCUT2D eigenvalue weighted by atomic mass is 16.5. The highest BCUT2D eigenvalue weighted by molar-refractivity contribution is 5.93. The fourth-order valence-electron chi connectivity index (χ4n) is 4.50. The molecule has 0 spiro atoms. The standard InChI is InChI=1S/C28H29N3O4/c1-34-23-7-2-19(3-8-23)17-31-14-12-20(13-15-31)18-35-24-9-4-21(5-10-24)27-29-25-11-6-22(28(32)33)16-26(25)30-27/h2-11,16,20H,12-15,17-18H2,1H3,(H,29,30)(H,32,33). The first-order valence-corrected chi connectivity index (χ1v) is 11.9. The molecule has 1 aliphatic rings. The third-order valence-electron chi connectivity index (χ3n) is 6.61. The summed E-state index contributed by atoms with van der Waals surface area (Å²) >= 11 is 0. The van der Waals surface area contributed by atoms with Crippen molar-refractivity contribution in [1.82, 2.24) is 14.9 Å². The summed E-state index contributed by atoms with van der Waals surface area (Å²) in [6.45, 7) is 3.85. The molecule has 3 aromatic carbocycles. The zero-order chi connectivity index (χ0) is 24.2. The number of aromatic nitrogens is 2. The Morgan fingerprint density at radius 3 is 2.43 bits per heavy atom. The predicted octanol–water partition coefficient (Wildman–Crippen LogP) is 5.23. The van der Waals surface area contributed by atoms with Gasteiger partial charge in [0.2, 0.25) is 0 Å². The van der Waals surface area contributed by atoms with Crippen molar-refractivity contribution in [3.8, 4) is 22.9 Å². The number of methoxy groups -OCH3 is 1. The molecule has 1 aromatic heterocycles. The van der Waals surface area contributed by atoms with Crippen LogP contribution in [-0.4, -0.2) is 52.7 Å². The van der Waals surface area contributed by atoms with Gasteiger partial charge < -0.3 is 19.6 Å². The van der Waals surface area contributed by atoms with Gasteiger partial charge in [-0.15, -0.1) is 0 Å². The van der Waals surface area contributed by atoms with Gasteiger partial charge in [-0.2, -0.15) is 0 Å². The highest BCUT2D eigenvalue weighted by Crippen LogP contribution is 2.25. The smallest absolute Gasteiger partial charge is 0.335 e. The number of H-pyrrole nitrogens is 1. The Hall–Kier alpha value is -3.84. The number of aromatic carboxylic acids is 1. The number of carboxylic acids is 1. The van der Waals surface area contributed by atoms with Crippen molar-refractivity contribution in [1.29, 1.82) is 0 Å². The van der Waals surface area contributed by atoms with Crippen LogP contribution in [0.1, 0.15) is 28.8 Å². The number of rotatable bonds is 8. The Morgan fingerprint density at radius 2 is 1.74 bits per heavy atom. The number of carboxylic acid groups (broad SMARTS) is 1. The van der Waals surface area contributed by atoms with Crippen LogP contribution < -0.4 is 9.47 Å². The van der Waals surface area contributed by atoms with Crippen LogP contribution in [0.15, 0.2) is 66.7 Å². The number of nitrogens with one attached hydrogen (secondary N) is 1. The number of hydrogen-bond acceptors (Lipinski definition) is 5. The summed E-state index contributed by atoms with van der Waals surface area (Å²) in [6, 6.07) is 21.1. The van der Waals surface area contributed by atoms with Gasteiger partial charge >= 0.3 is 5.97 Å². The summed E-state index contributed by atoms with van der Waals surface area (Å²) in [4.78, 5) is 21.5. The molecule has 35 heavy (non-hydrogen) atoms. The van der Waals surface area contributed by atoms with Gasteiger partial charge in [-0.05, 0) is 92.0 Å². The van der Waals surface area contributed by atoms with Crippen molar-refractivity contribution in [3.63, 3.8) is 0 Å². The molecule has 0 atom stereocenters. The molecule has 0 bridgehead atoms. The summed E-state index contributed by atoms with van der Waals surface area (Å²) in [6.07, 6.45) is 2.26. The average Bonchev–Trinajstić information content (AvgIpc) is 3.32. The summed E-state index contributed by atoms with van der Waals surface area (Å²) in [7, 11) is 1.69. The second-order valence-corrected chi connectivity index (χ2v) is 9.03. The van der Waals surface area contributed by atoms with Crippen molar-refractivity contribution >= 4 is 17.0 Å². The van der Waals surface area contributed by atoms with Crippen LogP contribution in [0.3, 0.4) is 0 Å². The molecular formula is C28H29N3O4. The lowest BCUT2D eigenvalue weighted by Gasteiger charge is -2.31. The Labute approximate surface area is 204 Å². The van der Waals surface area contributed by atoms with E-state index in [4.69, 9.17) is 9.47 Å². The third-order valence-corrected chi connectivity index (χ3v) is 6.61. The highest BCUT2D eigenvalue weighted by Gasteiger charge is 2.20. The lowest BCUT2D eigenvalue weighted by molar-refractivity contribution is 0.0697. The maximum Gasteiger partial charge on any atom is 0.335 e. The van der Waals surface area contributed by atoms with Crippen LogP contribution >= 0.6 is 0 Å². The molecule has 4 aromatic rings. The van der Waals surface area contributed by atoms with Crippen LogP contribution in [0.2, 0.25) is 0 Å². The van der Waals surface area contributed by atoms with E-state index in [0.29, 0.717) is 17.3 Å². The molecule has 7 nitrogen and oxygen atoms in total. The van der Waals surface area contributed by atoms with Gasteiger partial charge in [0.25, 0.3) is 0 Å². The summed E-state index contributed by atoms with van der Waals surface area (Å²) in [5.41, 5.74) is 3.93. The SMILES string of the molecule is COc1ccc(CN2CCC(COc3ccc(-c4nc5ccc(C(=O)O)cc5[nH]4)cc3)CC2)cc1. The maximum absolute atomic E-state index is 11.2. The zero-order valence-corrected chi connectivity index (χ0v) is 19.7. The number of piperidine rings is 1. The average molecular weight is 472 g/mol. The number of hydrogen-bond donors (Lipinski definition) is 2. The molecule has 0 saturated carbocycles. The quantitative estimate of drug-likeness (QED) is 0.366. The van der Waals surface area contributed by atoms with E-state index >= 15 is 0 Å². The van der Waals surface area contributed by atoms with Gasteiger partial charge in [0, 0.05) is 12.1 Å². The van der Waals surface area contributed by atoms with Crippen molar-refractivity contribution in [2.24, 2.45) is 5.92 Å². The predicted molar refractivity (Wildman–Crippen MR) is 135 cm³/mol. The molecule has 2 heterocycles. The first kappa shape index (κ1) is 22.9. The third kappa shape index (κ3) is 5.46. The number of ether oxygens (including phenoxy) is 2. The molecule has 7 heteroatoms. The fourth-order valence-corrected chi connectivity index (χ4v) is 4.50. The van der Waals surface area contributed by atoms with Gasteiger partial charge in [-0.25, -0.2) is 9.78 Å². The van der Waals surface area contributed by atoms with E-state index in [1.165, 1.54) is 5.56 Å². The Balaban J connectivity index is 1.12. The second-order valence-electron chi connectivity index (χ2n) is 9.03. The van der Waals surface area contributed by atoms with Gasteiger partial charge in [-0.3, -0.25) is 4.90 Å². The molecule has 1 saturated heterocycles. The summed E-state index contributed by atoms with van der Waals surface area (Å²) in [5.74, 6) is 2.05. The van der Waals surface area contributed by atoms with Gasteiger partial charge in [0.05, 0.1) is 30.3 Å². The number of aromatic amines is 1. The molecule has 0 amide bonds. The van der Waals surface area contributed by atoms with Crippen molar-refractivity contribution in [2.75, 3.05) is 26.8 Å². The molecule has 5 rings (SSSR count). The summed E-state index contributed by atoms with van der Waals surface area (Å²) in [5, 5.41) is 9.18. The molecule has 1 aliphatic heterocycles. The van der Waals surface area contributed by atoms with Crippen LogP contribution in [0.5, 0.6) is 11.5 Å². The van der Waals surface area contributed by atoms with E-state index in [-0.39, 0.29) is 5.56 Å². The Morgan fingerprint density at radius 1 is 1.03 bits per heavy atom. The van der Waals surface area contributed by atoms with Gasteiger partial charge in [0.15, 0.2) is 0 Å².